The zero-order chi connectivity index (χ0) is 21.0. The Morgan fingerprint density at radius 2 is 1.81 bits per heavy atom. The van der Waals surface area contributed by atoms with E-state index in [-0.39, 0.29) is 6.10 Å². The minimum absolute atomic E-state index is 0.189. The smallest absolute Gasteiger partial charge is 0.149 e. The second kappa shape index (κ2) is 9.06. The van der Waals surface area contributed by atoms with Gasteiger partial charge in [-0.2, -0.15) is 0 Å². The maximum absolute atomic E-state index is 6.51. The number of nitrogens with zero attached hydrogens (tertiary/aromatic N) is 4. The highest BCUT2D eigenvalue weighted by Gasteiger charge is 2.24. The maximum atomic E-state index is 6.51. The van der Waals surface area contributed by atoms with Gasteiger partial charge >= 0.3 is 0 Å². The predicted octanol–water partition coefficient (Wildman–Crippen LogP) is 3.97. The van der Waals surface area contributed by atoms with Gasteiger partial charge in [0, 0.05) is 49.5 Å². The van der Waals surface area contributed by atoms with Crippen LogP contribution in [0.4, 0.5) is 11.5 Å². The van der Waals surface area contributed by atoms with Gasteiger partial charge in [-0.15, -0.1) is 0 Å². The van der Waals surface area contributed by atoms with Crippen molar-refractivity contribution in [1.29, 1.82) is 0 Å². The molecule has 0 bridgehead atoms. The molecule has 7 heteroatoms. The van der Waals surface area contributed by atoms with Crippen LogP contribution in [0, 0.1) is 6.92 Å². The third kappa shape index (κ3) is 4.71. The van der Waals surface area contributed by atoms with Crippen molar-refractivity contribution < 1.29 is 9.47 Å². The summed E-state index contributed by atoms with van der Waals surface area (Å²) in [5, 5.41) is 3.57. The molecule has 1 saturated heterocycles. The number of morpholine rings is 1. The molecule has 0 unspecified atom stereocenters. The largest absolute Gasteiger partial charge is 0.488 e. The summed E-state index contributed by atoms with van der Waals surface area (Å²) in [5.41, 5.74) is 4.02. The SMILES string of the molecule is Cc1ccc(NC2CCC(Oc3cc(N4CCOCC4)cc4nccnc34)CC2)nc1. The highest BCUT2D eigenvalue weighted by Crippen LogP contribution is 2.33. The molecule has 1 aliphatic heterocycles. The lowest BCUT2D eigenvalue weighted by atomic mass is 9.93. The monoisotopic (exact) mass is 419 g/mol. The molecule has 5 rings (SSSR count). The Hall–Kier alpha value is -2.93. The van der Waals surface area contributed by atoms with Gasteiger partial charge in [-0.05, 0) is 50.3 Å². The van der Waals surface area contributed by atoms with Crippen LogP contribution in [0.25, 0.3) is 11.0 Å². The summed E-state index contributed by atoms with van der Waals surface area (Å²) in [6.45, 7) is 5.33. The number of aryl methyl sites for hydroxylation is 1. The summed E-state index contributed by atoms with van der Waals surface area (Å²) in [7, 11) is 0. The summed E-state index contributed by atoms with van der Waals surface area (Å²) >= 11 is 0. The van der Waals surface area contributed by atoms with Crippen LogP contribution >= 0.6 is 0 Å². The minimum Gasteiger partial charge on any atom is -0.488 e. The quantitative estimate of drug-likeness (QED) is 0.671. The highest BCUT2D eigenvalue weighted by atomic mass is 16.5. The lowest BCUT2D eigenvalue weighted by Gasteiger charge is -2.31. The normalized spacial score (nSPS) is 21.8. The molecule has 2 fully saturated rings. The summed E-state index contributed by atoms with van der Waals surface area (Å²) in [6.07, 6.45) is 9.71. The molecule has 1 saturated carbocycles. The molecular weight excluding hydrogens is 390 g/mol. The fourth-order valence-electron chi connectivity index (χ4n) is 4.39. The van der Waals surface area contributed by atoms with Gasteiger partial charge in [0.05, 0.1) is 24.8 Å². The molecule has 3 aromatic rings. The molecule has 0 spiro atoms. The Balaban J connectivity index is 1.27. The molecule has 1 aromatic carbocycles. The number of pyridine rings is 1. The average molecular weight is 420 g/mol. The Bertz CT molecular complexity index is 1010. The van der Waals surface area contributed by atoms with Crippen molar-refractivity contribution in [3.8, 4) is 5.75 Å². The fraction of sp³-hybridized carbons (Fsp3) is 0.458. The van der Waals surface area contributed by atoms with Crippen LogP contribution in [0.15, 0.2) is 42.9 Å². The van der Waals surface area contributed by atoms with Crippen molar-refractivity contribution >= 4 is 22.5 Å². The predicted molar refractivity (Wildman–Crippen MR) is 122 cm³/mol. The first-order valence-electron chi connectivity index (χ1n) is 11.2. The minimum atomic E-state index is 0.189. The molecule has 0 amide bonds. The summed E-state index contributed by atoms with van der Waals surface area (Å²) in [4.78, 5) is 15.9. The van der Waals surface area contributed by atoms with Crippen molar-refractivity contribution in [3.63, 3.8) is 0 Å². The van der Waals surface area contributed by atoms with Crippen LogP contribution in [-0.4, -0.2) is 53.4 Å². The lowest BCUT2D eigenvalue weighted by Crippen LogP contribution is -2.36. The van der Waals surface area contributed by atoms with Crippen molar-refractivity contribution in [2.75, 3.05) is 36.5 Å². The van der Waals surface area contributed by atoms with Gasteiger partial charge in [-0.1, -0.05) is 6.07 Å². The Morgan fingerprint density at radius 1 is 1.00 bits per heavy atom. The van der Waals surface area contributed by atoms with Crippen LogP contribution in [0.2, 0.25) is 0 Å². The highest BCUT2D eigenvalue weighted by molar-refractivity contribution is 5.85. The molecule has 2 aromatic heterocycles. The maximum Gasteiger partial charge on any atom is 0.149 e. The first-order chi connectivity index (χ1) is 15.2. The third-order valence-electron chi connectivity index (χ3n) is 6.13. The number of ether oxygens (including phenoxy) is 2. The van der Waals surface area contributed by atoms with Crippen molar-refractivity contribution in [2.24, 2.45) is 0 Å². The van der Waals surface area contributed by atoms with Gasteiger partial charge in [-0.3, -0.25) is 4.98 Å². The number of benzene rings is 1. The average Bonchev–Trinajstić information content (AvgIpc) is 2.82. The lowest BCUT2D eigenvalue weighted by molar-refractivity contribution is 0.122. The molecule has 0 radical (unpaired) electrons. The zero-order valence-corrected chi connectivity index (χ0v) is 18.0. The van der Waals surface area contributed by atoms with Crippen molar-refractivity contribution in [3.05, 3.63) is 48.4 Å². The third-order valence-corrected chi connectivity index (χ3v) is 6.13. The zero-order valence-electron chi connectivity index (χ0n) is 18.0. The van der Waals surface area contributed by atoms with E-state index in [0.717, 1.165) is 80.3 Å². The molecule has 1 N–H and O–H groups in total. The molecule has 7 nitrogen and oxygen atoms in total. The molecule has 0 atom stereocenters. The standard InChI is InChI=1S/C24H29N5O2/c1-17-2-7-23(27-16-17)28-18-3-5-20(6-4-18)31-22-15-19(29-10-12-30-13-11-29)14-21-24(22)26-9-8-25-21/h2,7-9,14-16,18,20H,3-6,10-13H2,1H3,(H,27,28). The molecule has 162 valence electrons. The van der Waals surface area contributed by atoms with Gasteiger partial charge < -0.3 is 19.7 Å². The molecular formula is C24H29N5O2. The van der Waals surface area contributed by atoms with E-state index < -0.39 is 0 Å². The number of hydrogen-bond acceptors (Lipinski definition) is 7. The first kappa shape index (κ1) is 20.0. The van der Waals surface area contributed by atoms with Gasteiger partial charge in [0.2, 0.25) is 0 Å². The van der Waals surface area contributed by atoms with Crippen molar-refractivity contribution in [1.82, 2.24) is 15.0 Å². The van der Waals surface area contributed by atoms with Gasteiger partial charge in [0.1, 0.15) is 17.1 Å². The molecule has 3 heterocycles. The summed E-state index contributed by atoms with van der Waals surface area (Å²) in [5.74, 6) is 1.79. The van der Waals surface area contributed by atoms with Gasteiger partial charge in [0.25, 0.3) is 0 Å². The summed E-state index contributed by atoms with van der Waals surface area (Å²) in [6, 6.07) is 8.82. The molecule has 2 aliphatic rings. The number of rotatable bonds is 5. The topological polar surface area (TPSA) is 72.4 Å². The Morgan fingerprint density at radius 3 is 2.58 bits per heavy atom. The molecule has 1 aliphatic carbocycles. The number of aromatic nitrogens is 3. The second-order valence-electron chi connectivity index (χ2n) is 8.42. The summed E-state index contributed by atoms with van der Waals surface area (Å²) < 4.78 is 12.0. The number of fused-ring (bicyclic) bond motifs is 1. The van der Waals surface area contributed by atoms with E-state index in [1.165, 1.54) is 5.56 Å². The Labute approximate surface area is 182 Å². The van der Waals surface area contributed by atoms with Crippen molar-refractivity contribution in [2.45, 2.75) is 44.8 Å². The van der Waals surface area contributed by atoms with E-state index >= 15 is 0 Å². The number of nitrogens with one attached hydrogen (secondary N) is 1. The molecule has 31 heavy (non-hydrogen) atoms. The Kier molecular flexibility index (Phi) is 5.84. The van der Waals surface area contributed by atoms with Gasteiger partial charge in [0.15, 0.2) is 0 Å². The van der Waals surface area contributed by atoms with Gasteiger partial charge in [-0.25, -0.2) is 9.97 Å². The van der Waals surface area contributed by atoms with E-state index in [1.54, 1.807) is 12.4 Å². The van der Waals surface area contributed by atoms with Crippen LogP contribution in [0.3, 0.4) is 0 Å². The second-order valence-corrected chi connectivity index (χ2v) is 8.42. The number of anilines is 2. The van der Waals surface area contributed by atoms with E-state index in [2.05, 4.69) is 56.4 Å². The number of hydrogen-bond donors (Lipinski definition) is 1. The van der Waals surface area contributed by atoms with Crippen LogP contribution in [0.1, 0.15) is 31.2 Å². The van der Waals surface area contributed by atoms with E-state index in [9.17, 15) is 0 Å². The van der Waals surface area contributed by atoms with Crippen LogP contribution in [0.5, 0.6) is 5.75 Å². The van der Waals surface area contributed by atoms with E-state index in [1.807, 2.05) is 6.20 Å². The van der Waals surface area contributed by atoms with Crippen LogP contribution in [-0.2, 0) is 4.74 Å². The van der Waals surface area contributed by atoms with E-state index in [4.69, 9.17) is 9.47 Å². The van der Waals surface area contributed by atoms with Crippen LogP contribution < -0.4 is 15.0 Å². The first-order valence-corrected chi connectivity index (χ1v) is 11.2. The fourth-order valence-corrected chi connectivity index (χ4v) is 4.39. The van der Waals surface area contributed by atoms with E-state index in [0.29, 0.717) is 6.04 Å².